The van der Waals surface area contributed by atoms with E-state index in [1.165, 1.54) is 12.8 Å². The van der Waals surface area contributed by atoms with Crippen LogP contribution in [-0.4, -0.2) is 47.1 Å². The molecule has 1 amide bonds. The van der Waals surface area contributed by atoms with Gasteiger partial charge >= 0.3 is 5.97 Å². The van der Waals surface area contributed by atoms with Gasteiger partial charge in [0.05, 0.1) is 6.54 Å². The average molecular weight is 294 g/mol. The van der Waals surface area contributed by atoms with Crippen molar-refractivity contribution in [3.05, 3.63) is 0 Å². The molecule has 118 valence electrons. The molecule has 3 aliphatic rings. The van der Waals surface area contributed by atoms with Crippen LogP contribution >= 0.6 is 0 Å². The quantitative estimate of drug-likeness (QED) is 0.714. The minimum atomic E-state index is -0.744. The summed E-state index contributed by atoms with van der Waals surface area (Å²) in [5.74, 6) is 0.180. The molecule has 0 spiro atoms. The third-order valence-electron chi connectivity index (χ3n) is 5.50. The lowest BCUT2D eigenvalue weighted by Crippen LogP contribution is -2.56. The van der Waals surface area contributed by atoms with Crippen molar-refractivity contribution in [2.45, 2.75) is 64.0 Å². The first kappa shape index (κ1) is 14.8. The van der Waals surface area contributed by atoms with E-state index < -0.39 is 5.97 Å². The van der Waals surface area contributed by atoms with Crippen LogP contribution in [0.5, 0.6) is 0 Å². The molecule has 0 aromatic heterocycles. The second-order valence-corrected chi connectivity index (χ2v) is 7.20. The number of hydrogen-bond donors (Lipinski definition) is 2. The Morgan fingerprint density at radius 3 is 2.43 bits per heavy atom. The molecule has 0 heterocycles. The number of carbonyl (C=O) groups excluding carboxylic acids is 1. The highest BCUT2D eigenvalue weighted by atomic mass is 16.4. The van der Waals surface area contributed by atoms with E-state index in [0.29, 0.717) is 12.0 Å². The molecule has 0 aromatic carbocycles. The molecule has 0 aromatic rings. The summed E-state index contributed by atoms with van der Waals surface area (Å²) >= 11 is 0. The zero-order chi connectivity index (χ0) is 15.0. The molecule has 5 heteroatoms. The van der Waals surface area contributed by atoms with Crippen LogP contribution in [-0.2, 0) is 9.59 Å². The molecule has 21 heavy (non-hydrogen) atoms. The van der Waals surface area contributed by atoms with E-state index in [0.717, 1.165) is 38.6 Å². The minimum Gasteiger partial charge on any atom is -0.480 e. The number of carboxylic acid groups (broad SMARTS) is 1. The van der Waals surface area contributed by atoms with Crippen molar-refractivity contribution in [1.82, 2.24) is 10.2 Å². The predicted molar refractivity (Wildman–Crippen MR) is 78.8 cm³/mol. The Morgan fingerprint density at radius 1 is 1.29 bits per heavy atom. The first-order valence-electron chi connectivity index (χ1n) is 8.29. The molecule has 3 saturated carbocycles. The SMILES string of the molecule is CCC1(C(=O)NC2CC(N(CC(=O)O)CC3CC3)C2)CC1. The van der Waals surface area contributed by atoms with Crippen molar-refractivity contribution in [3.63, 3.8) is 0 Å². The first-order chi connectivity index (χ1) is 10.0. The Morgan fingerprint density at radius 2 is 1.95 bits per heavy atom. The van der Waals surface area contributed by atoms with Gasteiger partial charge in [-0.1, -0.05) is 6.92 Å². The summed E-state index contributed by atoms with van der Waals surface area (Å²) < 4.78 is 0. The molecule has 3 fully saturated rings. The van der Waals surface area contributed by atoms with Gasteiger partial charge in [0, 0.05) is 24.0 Å². The summed E-state index contributed by atoms with van der Waals surface area (Å²) in [7, 11) is 0. The van der Waals surface area contributed by atoms with Crippen molar-refractivity contribution in [2.24, 2.45) is 11.3 Å². The number of carboxylic acids is 1. The van der Waals surface area contributed by atoms with Gasteiger partial charge in [0.15, 0.2) is 0 Å². The van der Waals surface area contributed by atoms with Crippen molar-refractivity contribution >= 4 is 11.9 Å². The van der Waals surface area contributed by atoms with Gasteiger partial charge in [-0.3, -0.25) is 14.5 Å². The van der Waals surface area contributed by atoms with Crippen LogP contribution in [0.15, 0.2) is 0 Å². The van der Waals surface area contributed by atoms with Gasteiger partial charge in [-0.2, -0.15) is 0 Å². The summed E-state index contributed by atoms with van der Waals surface area (Å²) in [5.41, 5.74) is -0.0696. The molecule has 0 saturated heterocycles. The van der Waals surface area contributed by atoms with Crippen molar-refractivity contribution in [1.29, 1.82) is 0 Å². The molecule has 0 unspecified atom stereocenters. The lowest BCUT2D eigenvalue weighted by atomic mass is 9.84. The highest BCUT2D eigenvalue weighted by Crippen LogP contribution is 2.49. The Labute approximate surface area is 126 Å². The van der Waals surface area contributed by atoms with Gasteiger partial charge in [-0.05, 0) is 50.9 Å². The fraction of sp³-hybridized carbons (Fsp3) is 0.875. The van der Waals surface area contributed by atoms with Crippen LogP contribution in [0.1, 0.15) is 51.9 Å². The second-order valence-electron chi connectivity index (χ2n) is 7.20. The molecular weight excluding hydrogens is 268 g/mol. The van der Waals surface area contributed by atoms with Crippen molar-refractivity contribution in [2.75, 3.05) is 13.1 Å². The Kier molecular flexibility index (Phi) is 3.95. The van der Waals surface area contributed by atoms with Crippen molar-refractivity contribution < 1.29 is 14.7 Å². The zero-order valence-corrected chi connectivity index (χ0v) is 12.8. The third kappa shape index (κ3) is 3.39. The molecule has 0 bridgehead atoms. The van der Waals surface area contributed by atoms with Gasteiger partial charge in [0.2, 0.25) is 5.91 Å². The van der Waals surface area contributed by atoms with Gasteiger partial charge in [-0.25, -0.2) is 0 Å². The number of nitrogens with one attached hydrogen (secondary N) is 1. The van der Waals surface area contributed by atoms with Crippen LogP contribution in [0.4, 0.5) is 0 Å². The van der Waals surface area contributed by atoms with E-state index in [2.05, 4.69) is 17.1 Å². The number of carbonyl (C=O) groups is 2. The summed E-state index contributed by atoms with van der Waals surface area (Å²) in [4.78, 5) is 25.3. The summed E-state index contributed by atoms with van der Waals surface area (Å²) in [6, 6.07) is 0.589. The van der Waals surface area contributed by atoms with E-state index >= 15 is 0 Å². The maximum atomic E-state index is 12.2. The monoisotopic (exact) mass is 294 g/mol. The highest BCUT2D eigenvalue weighted by Gasteiger charge is 2.49. The summed E-state index contributed by atoms with van der Waals surface area (Å²) in [6.45, 7) is 3.14. The van der Waals surface area contributed by atoms with Gasteiger partial charge < -0.3 is 10.4 Å². The van der Waals surface area contributed by atoms with Crippen LogP contribution in [0, 0.1) is 11.3 Å². The third-order valence-corrected chi connectivity index (χ3v) is 5.50. The maximum absolute atomic E-state index is 12.2. The lowest BCUT2D eigenvalue weighted by Gasteiger charge is -2.43. The maximum Gasteiger partial charge on any atom is 0.317 e. The minimum absolute atomic E-state index is 0.0696. The molecular formula is C16H26N2O3. The second kappa shape index (κ2) is 5.59. The number of rotatable bonds is 8. The smallest absolute Gasteiger partial charge is 0.317 e. The normalized spacial score (nSPS) is 29.8. The van der Waals surface area contributed by atoms with Crippen LogP contribution in [0.3, 0.4) is 0 Å². The molecule has 3 rings (SSSR count). The number of nitrogens with zero attached hydrogens (tertiary/aromatic N) is 1. The topological polar surface area (TPSA) is 69.6 Å². The first-order valence-corrected chi connectivity index (χ1v) is 8.29. The zero-order valence-electron chi connectivity index (χ0n) is 12.8. The fourth-order valence-electron chi connectivity index (χ4n) is 3.38. The Hall–Kier alpha value is -1.10. The molecule has 5 nitrogen and oxygen atoms in total. The van der Waals surface area contributed by atoms with Gasteiger partial charge in [0.1, 0.15) is 0 Å². The number of hydrogen-bond acceptors (Lipinski definition) is 3. The Bertz CT molecular complexity index is 423. The summed E-state index contributed by atoms with van der Waals surface area (Å²) in [5, 5.41) is 12.2. The number of amides is 1. The van der Waals surface area contributed by atoms with Gasteiger partial charge in [-0.15, -0.1) is 0 Å². The molecule has 3 aliphatic carbocycles. The van der Waals surface area contributed by atoms with E-state index in [1.54, 1.807) is 0 Å². The Balaban J connectivity index is 1.44. The molecule has 0 atom stereocenters. The standard InChI is InChI=1S/C16H26N2O3/c1-2-16(5-6-16)15(21)17-12-7-13(8-12)18(10-14(19)20)9-11-3-4-11/h11-13H,2-10H2,1H3,(H,17,21)(H,19,20). The fourth-order valence-corrected chi connectivity index (χ4v) is 3.38. The lowest BCUT2D eigenvalue weighted by molar-refractivity contribution is -0.140. The molecule has 0 aliphatic heterocycles. The van der Waals surface area contributed by atoms with Crippen molar-refractivity contribution in [3.8, 4) is 0 Å². The van der Waals surface area contributed by atoms with Gasteiger partial charge in [0.25, 0.3) is 0 Å². The average Bonchev–Trinajstić information content (AvgIpc) is 3.24. The van der Waals surface area contributed by atoms with Crippen LogP contribution in [0.2, 0.25) is 0 Å². The van der Waals surface area contributed by atoms with E-state index in [-0.39, 0.29) is 23.9 Å². The van der Waals surface area contributed by atoms with E-state index in [1.807, 2.05) is 0 Å². The predicted octanol–water partition coefficient (Wildman–Crippen LogP) is 1.62. The largest absolute Gasteiger partial charge is 0.480 e. The molecule has 0 radical (unpaired) electrons. The van der Waals surface area contributed by atoms with Crippen LogP contribution in [0.25, 0.3) is 0 Å². The number of aliphatic carboxylic acids is 1. The van der Waals surface area contributed by atoms with E-state index in [4.69, 9.17) is 5.11 Å². The highest BCUT2D eigenvalue weighted by molar-refractivity contribution is 5.85. The summed E-state index contributed by atoms with van der Waals surface area (Å²) in [6.07, 6.45) is 7.28. The molecule has 2 N–H and O–H groups in total. The van der Waals surface area contributed by atoms with E-state index in [9.17, 15) is 9.59 Å². The van der Waals surface area contributed by atoms with Crippen LogP contribution < -0.4 is 5.32 Å².